The summed E-state index contributed by atoms with van der Waals surface area (Å²) in [5, 5.41) is 9.38. The zero-order chi connectivity index (χ0) is 14.0. The van der Waals surface area contributed by atoms with Crippen LogP contribution in [0.5, 0.6) is 0 Å². The number of nitrogens with zero attached hydrogens (tertiary/aromatic N) is 2. The molecule has 7 nitrogen and oxygen atoms in total. The number of ether oxygens (including phenoxy) is 1. The zero-order valence-electron chi connectivity index (χ0n) is 11.1. The standard InChI is InChI=1S/C12H16N4O3/c1-7-11(12(18)15-14-7)9(4-10(17)19-3)8-5-13-16(2)6-8/h5-6,9H,4H2,1-3H3,(H2,14,15,18). The van der Waals surface area contributed by atoms with Gasteiger partial charge in [-0.3, -0.25) is 19.4 Å². The van der Waals surface area contributed by atoms with E-state index in [4.69, 9.17) is 4.74 Å². The van der Waals surface area contributed by atoms with Crippen molar-refractivity contribution in [2.24, 2.45) is 7.05 Å². The first-order valence-corrected chi connectivity index (χ1v) is 5.85. The van der Waals surface area contributed by atoms with Crippen LogP contribution in [0.2, 0.25) is 0 Å². The number of hydrogen-bond acceptors (Lipinski definition) is 4. The molecule has 1 atom stereocenters. The number of methoxy groups -OCH3 is 1. The number of hydrogen-bond donors (Lipinski definition) is 2. The fourth-order valence-corrected chi connectivity index (χ4v) is 2.13. The maximum Gasteiger partial charge on any atom is 0.306 e. The fraction of sp³-hybridized carbons (Fsp3) is 0.417. The van der Waals surface area contributed by atoms with Crippen molar-refractivity contribution in [2.75, 3.05) is 7.11 Å². The van der Waals surface area contributed by atoms with Gasteiger partial charge in [0.25, 0.3) is 5.56 Å². The molecule has 0 aliphatic carbocycles. The Bertz CT molecular complexity index is 637. The smallest absolute Gasteiger partial charge is 0.306 e. The molecule has 0 saturated carbocycles. The molecule has 7 heteroatoms. The Morgan fingerprint density at radius 3 is 2.74 bits per heavy atom. The van der Waals surface area contributed by atoms with Crippen LogP contribution in [0.4, 0.5) is 0 Å². The van der Waals surface area contributed by atoms with Gasteiger partial charge < -0.3 is 9.84 Å². The molecule has 2 aromatic heterocycles. The Morgan fingerprint density at radius 2 is 2.26 bits per heavy atom. The van der Waals surface area contributed by atoms with E-state index in [1.54, 1.807) is 31.0 Å². The molecule has 2 heterocycles. The summed E-state index contributed by atoms with van der Waals surface area (Å²) >= 11 is 0. The molecule has 102 valence electrons. The third-order valence-corrected chi connectivity index (χ3v) is 3.09. The lowest BCUT2D eigenvalue weighted by Crippen LogP contribution is -2.17. The quantitative estimate of drug-likeness (QED) is 0.784. The van der Waals surface area contributed by atoms with Crippen molar-refractivity contribution in [3.63, 3.8) is 0 Å². The van der Waals surface area contributed by atoms with E-state index < -0.39 is 0 Å². The van der Waals surface area contributed by atoms with Crippen molar-refractivity contribution in [1.82, 2.24) is 20.0 Å². The van der Waals surface area contributed by atoms with Gasteiger partial charge in [0.05, 0.1) is 19.7 Å². The molecule has 2 aromatic rings. The van der Waals surface area contributed by atoms with Crippen LogP contribution in [0.1, 0.15) is 29.2 Å². The third-order valence-electron chi connectivity index (χ3n) is 3.09. The largest absolute Gasteiger partial charge is 0.469 e. The lowest BCUT2D eigenvalue weighted by Gasteiger charge is -2.12. The first kappa shape index (κ1) is 13.1. The molecule has 0 aromatic carbocycles. The van der Waals surface area contributed by atoms with E-state index in [2.05, 4.69) is 15.3 Å². The summed E-state index contributed by atoms with van der Waals surface area (Å²) in [4.78, 5) is 23.4. The van der Waals surface area contributed by atoms with Crippen molar-refractivity contribution in [3.8, 4) is 0 Å². The SMILES string of the molecule is COC(=O)CC(c1cnn(C)c1)c1c(C)[nH][nH]c1=O. The molecule has 0 spiro atoms. The number of aryl methyl sites for hydroxylation is 2. The third kappa shape index (κ3) is 2.59. The highest BCUT2D eigenvalue weighted by Crippen LogP contribution is 2.27. The van der Waals surface area contributed by atoms with Gasteiger partial charge in [-0.2, -0.15) is 5.10 Å². The number of nitrogens with one attached hydrogen (secondary N) is 2. The molecule has 0 fully saturated rings. The molecule has 2 N–H and O–H groups in total. The van der Waals surface area contributed by atoms with Crippen molar-refractivity contribution >= 4 is 5.97 Å². The summed E-state index contributed by atoms with van der Waals surface area (Å²) in [5.41, 5.74) is 1.83. The Kier molecular flexibility index (Phi) is 3.55. The number of aromatic amines is 2. The number of aromatic nitrogens is 4. The van der Waals surface area contributed by atoms with Gasteiger partial charge in [0.2, 0.25) is 0 Å². The molecule has 2 rings (SSSR count). The predicted octanol–water partition coefficient (Wildman–Crippen LogP) is 0.440. The molecule has 0 aliphatic heterocycles. The molecule has 0 amide bonds. The van der Waals surface area contributed by atoms with Crippen LogP contribution < -0.4 is 5.56 Å². The van der Waals surface area contributed by atoms with E-state index >= 15 is 0 Å². The van der Waals surface area contributed by atoms with Crippen molar-refractivity contribution in [1.29, 1.82) is 0 Å². The van der Waals surface area contributed by atoms with Crippen LogP contribution >= 0.6 is 0 Å². The van der Waals surface area contributed by atoms with Gasteiger partial charge >= 0.3 is 5.97 Å². The highest BCUT2D eigenvalue weighted by atomic mass is 16.5. The van der Waals surface area contributed by atoms with E-state index in [0.29, 0.717) is 11.3 Å². The topological polar surface area (TPSA) is 92.8 Å². The molecule has 0 bridgehead atoms. The second-order valence-corrected chi connectivity index (χ2v) is 4.40. The minimum Gasteiger partial charge on any atom is -0.469 e. The maximum absolute atomic E-state index is 11.9. The minimum atomic E-state index is -0.367. The van der Waals surface area contributed by atoms with Crippen LogP contribution in [0.25, 0.3) is 0 Å². The van der Waals surface area contributed by atoms with Gasteiger partial charge in [0.15, 0.2) is 0 Å². The molecule has 0 radical (unpaired) electrons. The number of H-pyrrole nitrogens is 2. The van der Waals surface area contributed by atoms with Crippen LogP contribution in [0, 0.1) is 6.92 Å². The monoisotopic (exact) mass is 264 g/mol. The Morgan fingerprint density at radius 1 is 1.53 bits per heavy atom. The van der Waals surface area contributed by atoms with E-state index in [0.717, 1.165) is 5.56 Å². The first-order valence-electron chi connectivity index (χ1n) is 5.85. The summed E-state index contributed by atoms with van der Waals surface area (Å²) < 4.78 is 6.33. The minimum absolute atomic E-state index is 0.101. The molecule has 0 saturated heterocycles. The van der Waals surface area contributed by atoms with Crippen LogP contribution in [0.15, 0.2) is 17.2 Å². The molecular formula is C12H16N4O3. The summed E-state index contributed by atoms with van der Waals surface area (Å²) in [6.07, 6.45) is 3.54. The normalized spacial score (nSPS) is 12.4. The van der Waals surface area contributed by atoms with Gasteiger partial charge in [-0.1, -0.05) is 0 Å². The Labute approximate surface area is 109 Å². The second-order valence-electron chi connectivity index (χ2n) is 4.40. The van der Waals surface area contributed by atoms with Crippen LogP contribution in [-0.2, 0) is 16.6 Å². The summed E-state index contributed by atoms with van der Waals surface area (Å²) in [6, 6.07) is 0. The summed E-state index contributed by atoms with van der Waals surface area (Å²) in [6.45, 7) is 1.79. The molecule has 19 heavy (non-hydrogen) atoms. The molecular weight excluding hydrogens is 248 g/mol. The van der Waals surface area contributed by atoms with Gasteiger partial charge in [0.1, 0.15) is 0 Å². The summed E-state index contributed by atoms with van der Waals surface area (Å²) in [5.74, 6) is -0.731. The zero-order valence-corrected chi connectivity index (χ0v) is 11.1. The second kappa shape index (κ2) is 5.13. The molecule has 0 aliphatic rings. The van der Waals surface area contributed by atoms with Gasteiger partial charge in [-0.25, -0.2) is 0 Å². The van der Waals surface area contributed by atoms with E-state index in [1.165, 1.54) is 7.11 Å². The average molecular weight is 264 g/mol. The predicted molar refractivity (Wildman–Crippen MR) is 67.8 cm³/mol. The maximum atomic E-state index is 11.9. The number of esters is 1. The summed E-state index contributed by atoms with van der Waals surface area (Å²) in [7, 11) is 3.11. The number of carbonyl (C=O) groups excluding carboxylic acids is 1. The fourth-order valence-electron chi connectivity index (χ4n) is 2.13. The van der Waals surface area contributed by atoms with E-state index in [9.17, 15) is 9.59 Å². The molecule has 1 unspecified atom stereocenters. The number of carbonyl (C=O) groups is 1. The average Bonchev–Trinajstić information content (AvgIpc) is 2.94. The van der Waals surface area contributed by atoms with Crippen molar-refractivity contribution in [2.45, 2.75) is 19.3 Å². The highest BCUT2D eigenvalue weighted by Gasteiger charge is 2.25. The van der Waals surface area contributed by atoms with Crippen molar-refractivity contribution in [3.05, 3.63) is 39.6 Å². The van der Waals surface area contributed by atoms with Crippen LogP contribution in [0.3, 0.4) is 0 Å². The van der Waals surface area contributed by atoms with Crippen LogP contribution in [-0.4, -0.2) is 33.1 Å². The lowest BCUT2D eigenvalue weighted by molar-refractivity contribution is -0.140. The van der Waals surface area contributed by atoms with E-state index in [-0.39, 0.29) is 23.9 Å². The Hall–Kier alpha value is -2.31. The van der Waals surface area contributed by atoms with Gasteiger partial charge in [-0.05, 0) is 12.5 Å². The lowest BCUT2D eigenvalue weighted by atomic mass is 9.91. The van der Waals surface area contributed by atoms with Gasteiger partial charge in [0, 0.05) is 30.4 Å². The van der Waals surface area contributed by atoms with E-state index in [1.807, 2.05) is 0 Å². The first-order chi connectivity index (χ1) is 9.02. The van der Waals surface area contributed by atoms with Crippen molar-refractivity contribution < 1.29 is 9.53 Å². The number of rotatable bonds is 4. The highest BCUT2D eigenvalue weighted by molar-refractivity contribution is 5.71. The Balaban J connectivity index is 2.46. The van der Waals surface area contributed by atoms with Gasteiger partial charge in [-0.15, -0.1) is 0 Å².